The first-order valence-electron chi connectivity index (χ1n) is 13.4. The van der Waals surface area contributed by atoms with E-state index in [0.29, 0.717) is 12.0 Å². The fraction of sp³-hybridized carbons (Fsp3) is 0.536. The first-order chi connectivity index (χ1) is 18.0. The molecule has 9 nitrogen and oxygen atoms in total. The van der Waals surface area contributed by atoms with Gasteiger partial charge in [0.25, 0.3) is 0 Å². The predicted octanol–water partition coefficient (Wildman–Crippen LogP) is 3.39. The highest BCUT2D eigenvalue weighted by Gasteiger charge is 2.36. The lowest BCUT2D eigenvalue weighted by atomic mass is 9.90. The van der Waals surface area contributed by atoms with Crippen LogP contribution >= 0.6 is 0 Å². The molecule has 9 heteroatoms. The van der Waals surface area contributed by atoms with Crippen molar-refractivity contribution in [2.75, 3.05) is 62.7 Å². The number of aryl methyl sites for hydroxylation is 1. The Morgan fingerprint density at radius 1 is 1.19 bits per heavy atom. The van der Waals surface area contributed by atoms with Gasteiger partial charge in [-0.3, -0.25) is 14.7 Å². The van der Waals surface area contributed by atoms with Crippen molar-refractivity contribution >= 4 is 23.1 Å². The molecule has 196 valence electrons. The highest BCUT2D eigenvalue weighted by atomic mass is 16.5. The largest absolute Gasteiger partial charge is 0.482 e. The molecule has 0 bridgehead atoms. The molecule has 0 unspecified atom stereocenters. The Balaban J connectivity index is 1.19. The Labute approximate surface area is 218 Å². The van der Waals surface area contributed by atoms with Gasteiger partial charge in [-0.05, 0) is 58.0 Å². The summed E-state index contributed by atoms with van der Waals surface area (Å²) < 4.78 is 12.1. The van der Waals surface area contributed by atoms with Gasteiger partial charge in [-0.15, -0.1) is 0 Å². The van der Waals surface area contributed by atoms with Crippen LogP contribution in [0.1, 0.15) is 48.7 Å². The van der Waals surface area contributed by atoms with E-state index in [0.717, 1.165) is 105 Å². The minimum atomic E-state index is -0.153. The van der Waals surface area contributed by atoms with E-state index in [2.05, 4.69) is 40.8 Å². The molecule has 0 aliphatic carbocycles. The number of piperidine rings is 1. The van der Waals surface area contributed by atoms with Crippen molar-refractivity contribution < 1.29 is 14.3 Å². The first kappa shape index (κ1) is 24.2. The number of hydrogen-bond acceptors (Lipinski definition) is 8. The monoisotopic (exact) mass is 504 g/mol. The minimum absolute atomic E-state index is 0.0351. The number of carbonyl (C=O) groups excluding carboxylic acids is 1. The minimum Gasteiger partial charge on any atom is -0.482 e. The number of amides is 1. The highest BCUT2D eigenvalue weighted by molar-refractivity contribution is 5.87. The Bertz CT molecular complexity index is 1180. The molecule has 1 atom stereocenters. The molecule has 4 aliphatic rings. The van der Waals surface area contributed by atoms with Gasteiger partial charge in [-0.25, -0.2) is 4.98 Å². The zero-order valence-electron chi connectivity index (χ0n) is 21.8. The Hall–Kier alpha value is -3.17. The van der Waals surface area contributed by atoms with Crippen LogP contribution in [0.2, 0.25) is 0 Å². The van der Waals surface area contributed by atoms with Crippen molar-refractivity contribution in [3.05, 3.63) is 47.9 Å². The van der Waals surface area contributed by atoms with Crippen LogP contribution in [0, 0.1) is 6.92 Å². The summed E-state index contributed by atoms with van der Waals surface area (Å²) in [5, 5.41) is 3.61. The molecule has 6 rings (SSSR count). The summed E-state index contributed by atoms with van der Waals surface area (Å²) in [7, 11) is 0. The molecule has 2 aromatic heterocycles. The van der Waals surface area contributed by atoms with Crippen molar-refractivity contribution in [3.8, 4) is 5.75 Å². The molecule has 2 aromatic rings. The van der Waals surface area contributed by atoms with E-state index in [-0.39, 0.29) is 12.0 Å². The molecule has 0 saturated carbocycles. The maximum atomic E-state index is 11.8. The Morgan fingerprint density at radius 2 is 1.95 bits per heavy atom. The lowest BCUT2D eigenvalue weighted by Crippen LogP contribution is -2.61. The molecular weight excluding hydrogens is 468 g/mol. The number of fused-ring (bicyclic) bond motifs is 2. The average molecular weight is 505 g/mol. The van der Waals surface area contributed by atoms with Crippen LogP contribution in [0.4, 0.5) is 17.2 Å². The number of aromatic nitrogens is 2. The Morgan fingerprint density at radius 3 is 2.68 bits per heavy atom. The third-order valence-electron chi connectivity index (χ3n) is 8.25. The summed E-state index contributed by atoms with van der Waals surface area (Å²) in [5.74, 6) is 2.10. The van der Waals surface area contributed by atoms with E-state index in [9.17, 15) is 4.79 Å². The van der Waals surface area contributed by atoms with Crippen molar-refractivity contribution in [1.29, 1.82) is 0 Å². The SMILES string of the molecule is C=CC(=O)N1CC(N2CCC(c3cc4c(c(C)n3)O[C@H](C)c3c(N5CCOCC5)ccnc3N4)CC2)C1. The zero-order chi connectivity index (χ0) is 25.5. The number of pyridine rings is 2. The molecule has 1 N–H and O–H groups in total. The second kappa shape index (κ2) is 9.95. The second-order valence-electron chi connectivity index (χ2n) is 10.5. The van der Waals surface area contributed by atoms with E-state index in [4.69, 9.17) is 19.4 Å². The van der Waals surface area contributed by atoms with E-state index in [1.54, 1.807) is 0 Å². The molecule has 37 heavy (non-hydrogen) atoms. The van der Waals surface area contributed by atoms with Crippen LogP contribution in [0.3, 0.4) is 0 Å². The molecule has 0 radical (unpaired) electrons. The summed E-state index contributed by atoms with van der Waals surface area (Å²) in [5.41, 5.74) is 5.21. The van der Waals surface area contributed by atoms with Gasteiger partial charge in [0.2, 0.25) is 5.91 Å². The lowest BCUT2D eigenvalue weighted by Gasteiger charge is -2.47. The maximum Gasteiger partial charge on any atom is 0.246 e. The van der Waals surface area contributed by atoms with Crippen molar-refractivity contribution in [3.63, 3.8) is 0 Å². The summed E-state index contributed by atoms with van der Waals surface area (Å²) in [4.78, 5) is 28.3. The highest BCUT2D eigenvalue weighted by Crippen LogP contribution is 2.44. The van der Waals surface area contributed by atoms with Crippen molar-refractivity contribution in [2.45, 2.75) is 44.8 Å². The van der Waals surface area contributed by atoms with Crippen LogP contribution in [0.5, 0.6) is 5.75 Å². The molecule has 6 heterocycles. The van der Waals surface area contributed by atoms with Crippen LogP contribution < -0.4 is 15.0 Å². The number of anilines is 3. The van der Waals surface area contributed by atoms with Gasteiger partial charge in [0, 0.05) is 55.7 Å². The number of nitrogens with zero attached hydrogens (tertiary/aromatic N) is 5. The maximum absolute atomic E-state index is 11.8. The fourth-order valence-corrected chi connectivity index (χ4v) is 6.10. The van der Waals surface area contributed by atoms with Gasteiger partial charge < -0.3 is 24.6 Å². The van der Waals surface area contributed by atoms with Crippen LogP contribution in [0.15, 0.2) is 31.0 Å². The van der Waals surface area contributed by atoms with Crippen LogP contribution in [-0.4, -0.2) is 84.2 Å². The van der Waals surface area contributed by atoms with Gasteiger partial charge in [0.1, 0.15) is 11.9 Å². The number of likely N-dealkylation sites (tertiary alicyclic amines) is 2. The van der Waals surface area contributed by atoms with E-state index in [1.165, 1.54) is 6.08 Å². The van der Waals surface area contributed by atoms with E-state index in [1.807, 2.05) is 18.0 Å². The fourth-order valence-electron chi connectivity index (χ4n) is 6.10. The molecule has 3 saturated heterocycles. The number of rotatable bonds is 4. The molecule has 0 aromatic carbocycles. The predicted molar refractivity (Wildman–Crippen MR) is 143 cm³/mol. The third kappa shape index (κ3) is 4.55. The number of hydrogen-bond donors (Lipinski definition) is 1. The first-order valence-corrected chi connectivity index (χ1v) is 13.4. The number of morpholine rings is 1. The summed E-state index contributed by atoms with van der Waals surface area (Å²) in [6, 6.07) is 4.72. The third-order valence-corrected chi connectivity index (χ3v) is 8.25. The quantitative estimate of drug-likeness (QED) is 0.635. The zero-order valence-corrected chi connectivity index (χ0v) is 21.8. The van der Waals surface area contributed by atoms with Gasteiger partial charge >= 0.3 is 0 Å². The van der Waals surface area contributed by atoms with Gasteiger partial charge in [0.05, 0.1) is 30.2 Å². The summed E-state index contributed by atoms with van der Waals surface area (Å²) in [6.07, 6.45) is 5.25. The normalized spacial score (nSPS) is 22.7. The summed E-state index contributed by atoms with van der Waals surface area (Å²) in [6.45, 7) is 14.6. The lowest BCUT2D eigenvalue weighted by molar-refractivity contribution is -0.133. The standard InChI is InChI=1S/C28H36N6O3/c1-4-25(35)34-16-21(17-34)32-9-6-20(7-10-32)22-15-23-27(18(2)30-22)37-19(3)26-24(5-8-29-28(26)31-23)33-11-13-36-14-12-33/h4-5,8,15,19-21H,1,6-7,9-14,16-17H2,2-3H3,(H,29,31)/t19-/m1/s1. The van der Waals surface area contributed by atoms with Crippen LogP contribution in [0.25, 0.3) is 0 Å². The molecular formula is C28H36N6O3. The second-order valence-corrected chi connectivity index (χ2v) is 10.5. The molecule has 0 spiro atoms. The number of nitrogens with one attached hydrogen (secondary N) is 1. The van der Waals surface area contributed by atoms with Gasteiger partial charge in [-0.1, -0.05) is 6.58 Å². The molecule has 3 fully saturated rings. The number of ether oxygens (including phenoxy) is 2. The molecule has 1 amide bonds. The number of carbonyl (C=O) groups is 1. The smallest absolute Gasteiger partial charge is 0.246 e. The van der Waals surface area contributed by atoms with Crippen LogP contribution in [-0.2, 0) is 9.53 Å². The topological polar surface area (TPSA) is 83.1 Å². The van der Waals surface area contributed by atoms with E-state index < -0.39 is 0 Å². The average Bonchev–Trinajstić information content (AvgIpc) is 3.04. The summed E-state index contributed by atoms with van der Waals surface area (Å²) >= 11 is 0. The van der Waals surface area contributed by atoms with Gasteiger partial charge in [0.15, 0.2) is 5.75 Å². The van der Waals surface area contributed by atoms with E-state index >= 15 is 0 Å². The van der Waals surface area contributed by atoms with Gasteiger partial charge in [-0.2, -0.15) is 0 Å². The Kier molecular flexibility index (Phi) is 6.50. The van der Waals surface area contributed by atoms with Crippen molar-refractivity contribution in [2.24, 2.45) is 0 Å². The molecule has 4 aliphatic heterocycles. The van der Waals surface area contributed by atoms with Crippen molar-refractivity contribution in [1.82, 2.24) is 19.8 Å².